The van der Waals surface area contributed by atoms with Gasteiger partial charge in [0.2, 0.25) is 0 Å². The summed E-state index contributed by atoms with van der Waals surface area (Å²) in [6.07, 6.45) is 0. The number of aromatic nitrogens is 2. The topological polar surface area (TPSA) is 44.5 Å². The summed E-state index contributed by atoms with van der Waals surface area (Å²) in [6.45, 7) is 3.92. The van der Waals surface area contributed by atoms with E-state index >= 15 is 0 Å². The molecule has 6 nitrogen and oxygen atoms in total. The molecule has 0 amide bonds. The average Bonchev–Trinajstić information content (AvgIpc) is 3.07. The van der Waals surface area contributed by atoms with E-state index in [1.54, 1.807) is 0 Å². The number of H-pyrrole nitrogens is 2. The molecule has 0 unspecified atom stereocenters. The number of hydrogen-bond acceptors (Lipinski definition) is 4. The molecule has 2 heterocycles. The molecule has 0 saturated heterocycles. The van der Waals surface area contributed by atoms with Crippen LogP contribution in [0, 0.1) is 0 Å². The Bertz CT molecular complexity index is 506. The standard InChI is InChI=1S/2C10H19N3/c2*1-12(2)7-9-5-6-10(11-9)8-13(3)4/h2*5-6,11H,7-8H2,1-4H3. The van der Waals surface area contributed by atoms with Crippen LogP contribution in [0.5, 0.6) is 0 Å². The minimum Gasteiger partial charge on any atom is -0.360 e. The number of rotatable bonds is 8. The minimum absolute atomic E-state index is 0.980. The van der Waals surface area contributed by atoms with Crippen molar-refractivity contribution in [2.45, 2.75) is 26.2 Å². The van der Waals surface area contributed by atoms with Crippen LogP contribution in [0.25, 0.3) is 0 Å². The lowest BCUT2D eigenvalue weighted by molar-refractivity contribution is 0.388. The molecule has 0 atom stereocenters. The van der Waals surface area contributed by atoms with Gasteiger partial charge < -0.3 is 29.6 Å². The first-order valence-electron chi connectivity index (χ1n) is 9.08. The Kier molecular flexibility index (Phi) is 9.65. The predicted octanol–water partition coefficient (Wildman–Crippen LogP) is 2.28. The molecule has 0 aromatic carbocycles. The van der Waals surface area contributed by atoms with Gasteiger partial charge in [-0.3, -0.25) is 0 Å². The van der Waals surface area contributed by atoms with Crippen LogP contribution in [0.3, 0.4) is 0 Å². The van der Waals surface area contributed by atoms with Crippen molar-refractivity contribution in [2.24, 2.45) is 0 Å². The van der Waals surface area contributed by atoms with E-state index in [9.17, 15) is 0 Å². The van der Waals surface area contributed by atoms with Gasteiger partial charge in [0.05, 0.1) is 0 Å². The first-order chi connectivity index (χ1) is 12.2. The quantitative estimate of drug-likeness (QED) is 0.756. The van der Waals surface area contributed by atoms with Gasteiger partial charge in [-0.15, -0.1) is 0 Å². The number of hydrogen-bond donors (Lipinski definition) is 2. The van der Waals surface area contributed by atoms with Crippen molar-refractivity contribution in [1.29, 1.82) is 0 Å². The second-order valence-corrected chi connectivity index (χ2v) is 7.97. The summed E-state index contributed by atoms with van der Waals surface area (Å²) >= 11 is 0. The summed E-state index contributed by atoms with van der Waals surface area (Å²) in [5, 5.41) is 0. The Labute approximate surface area is 159 Å². The molecule has 0 aliphatic carbocycles. The fraction of sp³-hybridized carbons (Fsp3) is 0.600. The van der Waals surface area contributed by atoms with E-state index in [0.717, 1.165) is 26.2 Å². The zero-order valence-corrected chi connectivity index (χ0v) is 17.9. The molecule has 2 aromatic heterocycles. The van der Waals surface area contributed by atoms with E-state index in [1.807, 2.05) is 0 Å². The first-order valence-corrected chi connectivity index (χ1v) is 9.08. The molecule has 0 radical (unpaired) electrons. The molecule has 2 aromatic rings. The Morgan fingerprint density at radius 2 is 0.654 bits per heavy atom. The number of nitrogens with zero attached hydrogens (tertiary/aromatic N) is 4. The molecule has 0 spiro atoms. The van der Waals surface area contributed by atoms with Crippen LogP contribution in [0.15, 0.2) is 24.3 Å². The summed E-state index contributed by atoms with van der Waals surface area (Å²) in [5.74, 6) is 0. The van der Waals surface area contributed by atoms with Crippen LogP contribution in [0.2, 0.25) is 0 Å². The average molecular weight is 363 g/mol. The van der Waals surface area contributed by atoms with Gasteiger partial charge in [0, 0.05) is 49.0 Å². The molecule has 0 saturated carbocycles. The maximum Gasteiger partial charge on any atom is 0.0379 e. The molecule has 0 aliphatic rings. The molecule has 26 heavy (non-hydrogen) atoms. The smallest absolute Gasteiger partial charge is 0.0379 e. The summed E-state index contributed by atoms with van der Waals surface area (Å²) in [4.78, 5) is 15.4. The zero-order chi connectivity index (χ0) is 19.7. The van der Waals surface area contributed by atoms with Gasteiger partial charge in [-0.25, -0.2) is 0 Å². The minimum atomic E-state index is 0.980. The molecule has 2 rings (SSSR count). The Hall–Kier alpha value is -1.60. The SMILES string of the molecule is CN(C)Cc1ccc(CN(C)C)[nH]1.CN(C)Cc1ccc(CN(C)C)[nH]1. The normalized spacial score (nSPS) is 11.5. The summed E-state index contributed by atoms with van der Waals surface area (Å²) in [6, 6.07) is 8.61. The van der Waals surface area contributed by atoms with Gasteiger partial charge in [-0.05, 0) is 80.6 Å². The third kappa shape index (κ3) is 9.77. The van der Waals surface area contributed by atoms with Crippen molar-refractivity contribution in [3.63, 3.8) is 0 Å². The summed E-state index contributed by atoms with van der Waals surface area (Å²) < 4.78 is 0. The molecular formula is C20H38N6. The van der Waals surface area contributed by atoms with Crippen molar-refractivity contribution < 1.29 is 0 Å². The van der Waals surface area contributed by atoms with Crippen molar-refractivity contribution in [3.05, 3.63) is 47.0 Å². The third-order valence-corrected chi connectivity index (χ3v) is 3.56. The van der Waals surface area contributed by atoms with E-state index in [0.29, 0.717) is 0 Å². The molecule has 0 bridgehead atoms. The van der Waals surface area contributed by atoms with Crippen molar-refractivity contribution >= 4 is 0 Å². The fourth-order valence-electron chi connectivity index (χ4n) is 2.71. The maximum atomic E-state index is 3.39. The van der Waals surface area contributed by atoms with Crippen molar-refractivity contribution in [2.75, 3.05) is 56.4 Å². The van der Waals surface area contributed by atoms with Crippen LogP contribution >= 0.6 is 0 Å². The highest BCUT2D eigenvalue weighted by atomic mass is 15.1. The molecule has 148 valence electrons. The zero-order valence-electron chi connectivity index (χ0n) is 17.9. The monoisotopic (exact) mass is 362 g/mol. The van der Waals surface area contributed by atoms with Gasteiger partial charge in [-0.2, -0.15) is 0 Å². The Morgan fingerprint density at radius 1 is 0.462 bits per heavy atom. The number of nitrogens with one attached hydrogen (secondary N) is 2. The Balaban J connectivity index is 0.000000260. The molecular weight excluding hydrogens is 324 g/mol. The van der Waals surface area contributed by atoms with E-state index < -0.39 is 0 Å². The lowest BCUT2D eigenvalue weighted by Gasteiger charge is -2.09. The van der Waals surface area contributed by atoms with Gasteiger partial charge in [-0.1, -0.05) is 0 Å². The Morgan fingerprint density at radius 3 is 0.808 bits per heavy atom. The maximum absolute atomic E-state index is 3.39. The van der Waals surface area contributed by atoms with Gasteiger partial charge >= 0.3 is 0 Å². The highest BCUT2D eigenvalue weighted by Crippen LogP contribution is 2.06. The third-order valence-electron chi connectivity index (χ3n) is 3.56. The van der Waals surface area contributed by atoms with Crippen LogP contribution in [-0.4, -0.2) is 85.9 Å². The lowest BCUT2D eigenvalue weighted by atomic mass is 10.4. The van der Waals surface area contributed by atoms with Crippen LogP contribution in [-0.2, 0) is 26.2 Å². The second-order valence-electron chi connectivity index (χ2n) is 7.97. The van der Waals surface area contributed by atoms with Crippen LogP contribution in [0.4, 0.5) is 0 Å². The summed E-state index contributed by atoms with van der Waals surface area (Å²) in [7, 11) is 16.6. The molecule has 6 heteroatoms. The molecule has 2 N–H and O–H groups in total. The highest BCUT2D eigenvalue weighted by molar-refractivity contribution is 5.13. The number of aromatic amines is 2. The first kappa shape index (κ1) is 22.4. The van der Waals surface area contributed by atoms with Crippen molar-refractivity contribution in [3.8, 4) is 0 Å². The van der Waals surface area contributed by atoms with Gasteiger partial charge in [0.1, 0.15) is 0 Å². The second kappa shape index (κ2) is 11.2. The lowest BCUT2D eigenvalue weighted by Crippen LogP contribution is -2.12. The van der Waals surface area contributed by atoms with Crippen molar-refractivity contribution in [1.82, 2.24) is 29.6 Å². The summed E-state index contributed by atoms with van der Waals surface area (Å²) in [5.41, 5.74) is 5.12. The molecule has 0 fully saturated rings. The fourth-order valence-corrected chi connectivity index (χ4v) is 2.71. The van der Waals surface area contributed by atoms with E-state index in [1.165, 1.54) is 22.8 Å². The largest absolute Gasteiger partial charge is 0.360 e. The van der Waals surface area contributed by atoms with Gasteiger partial charge in [0.15, 0.2) is 0 Å². The van der Waals surface area contributed by atoms with E-state index in [4.69, 9.17) is 0 Å². The highest BCUT2D eigenvalue weighted by Gasteiger charge is 2.01. The molecule has 0 aliphatic heterocycles. The van der Waals surface area contributed by atoms with Crippen LogP contribution < -0.4 is 0 Å². The van der Waals surface area contributed by atoms with Crippen LogP contribution in [0.1, 0.15) is 22.8 Å². The van der Waals surface area contributed by atoms with Gasteiger partial charge in [0.25, 0.3) is 0 Å². The predicted molar refractivity (Wildman–Crippen MR) is 111 cm³/mol. The van der Waals surface area contributed by atoms with E-state index in [-0.39, 0.29) is 0 Å². The van der Waals surface area contributed by atoms with E-state index in [2.05, 4.69) is 110 Å².